The molecule has 1 aromatic carbocycles. The maximum Gasteiger partial charge on any atom is 0.246 e. The average Bonchev–Trinajstić information content (AvgIpc) is 3.44. The molecule has 1 aliphatic rings. The Kier molecular flexibility index (Phi) is 8.00. The number of benzene rings is 1. The van der Waals surface area contributed by atoms with Crippen molar-refractivity contribution in [2.45, 2.75) is 44.7 Å². The molecule has 182 valence electrons. The van der Waals surface area contributed by atoms with E-state index in [-0.39, 0.29) is 21.5 Å². The van der Waals surface area contributed by atoms with Crippen LogP contribution in [0, 0.1) is 5.82 Å². The van der Waals surface area contributed by atoms with Crippen molar-refractivity contribution >= 4 is 45.4 Å². The second-order valence-corrected chi connectivity index (χ2v) is 9.38. The van der Waals surface area contributed by atoms with Crippen LogP contribution in [0.4, 0.5) is 21.0 Å². The third-order valence-electron chi connectivity index (χ3n) is 5.88. The number of nitrogens with zero attached hydrogens (tertiary/aromatic N) is 3. The Labute approximate surface area is 201 Å². The largest absolute Gasteiger partial charge is 0.401 e. The Hall–Kier alpha value is -3.31. The Bertz CT molecular complexity index is 1090. The minimum atomic E-state index is -0.878. The molecule has 0 spiro atoms. The maximum atomic E-state index is 13.4. The third kappa shape index (κ3) is 5.78. The fourth-order valence-corrected chi connectivity index (χ4v) is 5.00. The van der Waals surface area contributed by atoms with Gasteiger partial charge in [0.1, 0.15) is 22.6 Å². The maximum absolute atomic E-state index is 13.4. The van der Waals surface area contributed by atoms with E-state index in [1.165, 1.54) is 42.0 Å². The number of rotatable bonds is 10. The summed E-state index contributed by atoms with van der Waals surface area (Å²) in [6, 6.07) is 4.88. The van der Waals surface area contributed by atoms with Crippen molar-refractivity contribution in [2.75, 3.05) is 24.2 Å². The van der Waals surface area contributed by atoms with Crippen LogP contribution in [-0.2, 0) is 9.59 Å². The van der Waals surface area contributed by atoms with Crippen LogP contribution in [0.5, 0.6) is 0 Å². The normalized spacial score (nSPS) is 15.5. The van der Waals surface area contributed by atoms with Gasteiger partial charge in [-0.1, -0.05) is 24.2 Å². The highest BCUT2D eigenvalue weighted by Crippen LogP contribution is 2.35. The van der Waals surface area contributed by atoms with Crippen molar-refractivity contribution in [3.8, 4) is 0 Å². The van der Waals surface area contributed by atoms with Crippen molar-refractivity contribution in [1.82, 2.24) is 9.88 Å². The number of nitrogens with two attached hydrogens (primary N) is 3. The number of thiazole rings is 1. The first-order valence-corrected chi connectivity index (χ1v) is 11.8. The average molecular weight is 489 g/mol. The van der Waals surface area contributed by atoms with Gasteiger partial charge in [-0.05, 0) is 51.1 Å². The van der Waals surface area contributed by atoms with Gasteiger partial charge in [0.15, 0.2) is 5.13 Å². The van der Waals surface area contributed by atoms with Crippen LogP contribution in [0.3, 0.4) is 0 Å². The van der Waals surface area contributed by atoms with E-state index in [9.17, 15) is 18.8 Å². The zero-order valence-electron chi connectivity index (χ0n) is 19.2. The number of allylic oxidation sites excluding steroid dienone is 1. The van der Waals surface area contributed by atoms with E-state index in [0.29, 0.717) is 18.3 Å². The number of anilines is 3. The van der Waals surface area contributed by atoms with E-state index in [4.69, 9.17) is 17.2 Å². The highest BCUT2D eigenvalue weighted by molar-refractivity contribution is 7.19. The second-order valence-electron chi connectivity index (χ2n) is 8.40. The highest BCUT2D eigenvalue weighted by atomic mass is 32.1. The van der Waals surface area contributed by atoms with Crippen LogP contribution < -0.4 is 22.1 Å². The molecule has 9 nitrogen and oxygen atoms in total. The Balaban J connectivity index is 1.82. The number of ketones is 2. The molecule has 1 saturated carbocycles. The van der Waals surface area contributed by atoms with Crippen molar-refractivity contribution in [3.63, 3.8) is 0 Å². The number of nitrogen functional groups attached to an aromatic ring is 1. The van der Waals surface area contributed by atoms with Crippen LogP contribution in [0.15, 0.2) is 36.0 Å². The van der Waals surface area contributed by atoms with Gasteiger partial charge in [0, 0.05) is 30.0 Å². The molecule has 6 N–H and O–H groups in total. The Morgan fingerprint density at radius 3 is 2.41 bits per heavy atom. The van der Waals surface area contributed by atoms with Crippen LogP contribution in [-0.4, -0.2) is 53.0 Å². The molecule has 0 radical (unpaired) electrons. The number of aromatic nitrogens is 1. The third-order valence-corrected chi connectivity index (χ3v) is 6.95. The van der Waals surface area contributed by atoms with Gasteiger partial charge in [-0.3, -0.25) is 19.3 Å². The van der Waals surface area contributed by atoms with Crippen LogP contribution in [0.2, 0.25) is 0 Å². The van der Waals surface area contributed by atoms with E-state index in [2.05, 4.69) is 9.88 Å². The van der Waals surface area contributed by atoms with Gasteiger partial charge < -0.3 is 22.1 Å². The number of likely N-dealkylation sites (N-methyl/N-ethyl adjacent to an activating group) is 1. The molecule has 1 unspecified atom stereocenters. The number of halogens is 1. The quantitative estimate of drug-likeness (QED) is 0.262. The Morgan fingerprint density at radius 2 is 1.82 bits per heavy atom. The number of primary amides is 1. The van der Waals surface area contributed by atoms with E-state index in [0.717, 1.165) is 30.3 Å². The fourth-order valence-electron chi connectivity index (χ4n) is 3.97. The summed E-state index contributed by atoms with van der Waals surface area (Å²) in [5.74, 6) is -2.94. The van der Waals surface area contributed by atoms with E-state index in [1.807, 2.05) is 7.05 Å². The number of hydrogen-bond donors (Lipinski definition) is 3. The van der Waals surface area contributed by atoms with Gasteiger partial charge in [-0.15, -0.1) is 0 Å². The first-order valence-electron chi connectivity index (χ1n) is 10.9. The molecular formula is C23H29FN6O3S. The summed E-state index contributed by atoms with van der Waals surface area (Å²) in [6.07, 6.45) is 5.64. The molecule has 1 heterocycles. The summed E-state index contributed by atoms with van der Waals surface area (Å²) in [7, 11) is 1.94. The summed E-state index contributed by atoms with van der Waals surface area (Å²) in [5.41, 5.74) is 18.2. The van der Waals surface area contributed by atoms with Gasteiger partial charge >= 0.3 is 0 Å². The molecule has 34 heavy (non-hydrogen) atoms. The number of amides is 1. The van der Waals surface area contributed by atoms with Crippen molar-refractivity contribution in [3.05, 3.63) is 46.7 Å². The molecule has 1 aliphatic carbocycles. The van der Waals surface area contributed by atoms with Crippen LogP contribution in [0.25, 0.3) is 0 Å². The van der Waals surface area contributed by atoms with Gasteiger partial charge in [-0.25, -0.2) is 9.37 Å². The molecule has 0 aliphatic heterocycles. The summed E-state index contributed by atoms with van der Waals surface area (Å²) in [4.78, 5) is 45.0. The standard InChI is InChI=1S/C23H29FN6O3S/c1-13(22(27)33)30(17-9-7-14(24)8-10-17)23-28-21(26)20(34-23)19(32)18(31)11-15(25)12-29(2)16-5-3-4-6-16/h7-11,13,16H,3-6,12,25-26H2,1-2H3,(H2,27,33)/b15-11-. The van der Waals surface area contributed by atoms with Crippen molar-refractivity contribution in [2.24, 2.45) is 11.5 Å². The predicted octanol–water partition coefficient (Wildman–Crippen LogP) is 2.35. The lowest BCUT2D eigenvalue weighted by atomic mass is 10.1. The van der Waals surface area contributed by atoms with Crippen LogP contribution >= 0.6 is 11.3 Å². The Morgan fingerprint density at radius 1 is 1.21 bits per heavy atom. The molecule has 1 aromatic heterocycles. The minimum Gasteiger partial charge on any atom is -0.401 e. The smallest absolute Gasteiger partial charge is 0.246 e. The second kappa shape index (κ2) is 10.7. The molecular weight excluding hydrogens is 459 g/mol. The fraction of sp³-hybridized carbons (Fsp3) is 0.391. The molecule has 3 rings (SSSR count). The molecule has 1 amide bonds. The van der Waals surface area contributed by atoms with Crippen molar-refractivity contribution < 1.29 is 18.8 Å². The summed E-state index contributed by atoms with van der Waals surface area (Å²) >= 11 is 0.848. The number of Topliss-reactive ketones (excluding diaryl/α,β-unsaturated/α-hetero) is 1. The minimum absolute atomic E-state index is 0.0722. The molecule has 1 fully saturated rings. The zero-order chi connectivity index (χ0) is 25.0. The van der Waals surface area contributed by atoms with Gasteiger partial charge in [-0.2, -0.15) is 0 Å². The van der Waals surface area contributed by atoms with Crippen molar-refractivity contribution in [1.29, 1.82) is 0 Å². The highest BCUT2D eigenvalue weighted by Gasteiger charge is 2.29. The zero-order valence-corrected chi connectivity index (χ0v) is 20.0. The lowest BCUT2D eigenvalue weighted by Gasteiger charge is -2.26. The van der Waals surface area contributed by atoms with E-state index < -0.39 is 29.3 Å². The summed E-state index contributed by atoms with van der Waals surface area (Å²) < 4.78 is 13.4. The summed E-state index contributed by atoms with van der Waals surface area (Å²) in [6.45, 7) is 1.92. The number of hydrogen-bond acceptors (Lipinski definition) is 9. The number of carbonyl (C=O) groups is 3. The predicted molar refractivity (Wildman–Crippen MR) is 130 cm³/mol. The van der Waals surface area contributed by atoms with Gasteiger partial charge in [0.25, 0.3) is 0 Å². The topological polar surface area (TPSA) is 149 Å². The molecule has 0 saturated heterocycles. The first-order chi connectivity index (χ1) is 16.1. The molecule has 1 atom stereocenters. The number of carbonyl (C=O) groups excluding carboxylic acids is 3. The van der Waals surface area contributed by atoms with Crippen LogP contribution in [0.1, 0.15) is 42.3 Å². The monoisotopic (exact) mass is 488 g/mol. The van der Waals surface area contributed by atoms with E-state index >= 15 is 0 Å². The van der Waals surface area contributed by atoms with E-state index in [1.54, 1.807) is 6.92 Å². The van der Waals surface area contributed by atoms with Gasteiger partial charge in [0.05, 0.1) is 0 Å². The molecule has 2 aromatic rings. The SMILES string of the molecule is CC(C(N)=O)N(c1ccc(F)cc1)c1nc(N)c(C(=O)C(=O)/C=C(\N)CN(C)C2CCCC2)s1. The lowest BCUT2D eigenvalue weighted by molar-refractivity contribution is -0.118. The molecule has 0 bridgehead atoms. The molecule has 11 heteroatoms. The first kappa shape index (κ1) is 25.3. The lowest BCUT2D eigenvalue weighted by Crippen LogP contribution is -2.39. The van der Waals surface area contributed by atoms with Gasteiger partial charge in [0.2, 0.25) is 17.5 Å². The summed E-state index contributed by atoms with van der Waals surface area (Å²) in [5, 5.41) is 0.171.